The minimum atomic E-state index is -0.746. The highest BCUT2D eigenvalue weighted by Crippen LogP contribution is 2.22. The molecule has 0 aliphatic rings. The van der Waals surface area contributed by atoms with Crippen LogP contribution in [0.3, 0.4) is 0 Å². The Morgan fingerprint density at radius 1 is 1.20 bits per heavy atom. The van der Waals surface area contributed by atoms with Gasteiger partial charge in [-0.25, -0.2) is 4.39 Å². The Kier molecular flexibility index (Phi) is 4.74. The van der Waals surface area contributed by atoms with Crippen molar-refractivity contribution in [1.82, 2.24) is 5.32 Å². The zero-order valence-corrected chi connectivity index (χ0v) is 12.1. The normalized spacial score (nSPS) is 11.9. The van der Waals surface area contributed by atoms with Gasteiger partial charge in [0.1, 0.15) is 17.1 Å². The number of benzene rings is 2. The summed E-state index contributed by atoms with van der Waals surface area (Å²) >= 11 is 3.32. The zero-order chi connectivity index (χ0) is 14.5. The molecule has 3 nitrogen and oxygen atoms in total. The molecule has 104 valence electrons. The van der Waals surface area contributed by atoms with Crippen LogP contribution in [0.15, 0.2) is 48.5 Å². The van der Waals surface area contributed by atoms with Gasteiger partial charge in [-0.05, 0) is 17.7 Å². The summed E-state index contributed by atoms with van der Waals surface area (Å²) in [5.41, 5.74) is 0.558. The lowest BCUT2D eigenvalue weighted by atomic mass is 10.1. The van der Waals surface area contributed by atoms with Crippen molar-refractivity contribution in [3.8, 4) is 5.75 Å². The van der Waals surface area contributed by atoms with E-state index in [2.05, 4.69) is 21.2 Å². The Morgan fingerprint density at radius 3 is 2.50 bits per heavy atom. The lowest BCUT2D eigenvalue weighted by Gasteiger charge is -2.17. The summed E-state index contributed by atoms with van der Waals surface area (Å²) in [5, 5.41) is 12.8. The maximum atomic E-state index is 13.6. The van der Waals surface area contributed by atoms with Gasteiger partial charge in [-0.2, -0.15) is 0 Å². The molecule has 2 aromatic rings. The van der Waals surface area contributed by atoms with Gasteiger partial charge in [0.05, 0.1) is 6.04 Å². The van der Waals surface area contributed by atoms with Crippen LogP contribution in [0.4, 0.5) is 4.39 Å². The summed E-state index contributed by atoms with van der Waals surface area (Å²) in [7, 11) is 0. The van der Waals surface area contributed by atoms with Crippen LogP contribution in [0.2, 0.25) is 0 Å². The fraction of sp³-hybridized carbons (Fsp3) is 0.133. The molecule has 0 aromatic heterocycles. The standard InChI is InChI=1S/C15H13BrFNO2/c16-9-12(10-5-2-1-3-6-10)18-15(20)14-11(17)7-4-8-13(14)19/h1-8,12,19H,9H2,(H,18,20). The lowest BCUT2D eigenvalue weighted by Crippen LogP contribution is -2.30. The van der Waals surface area contributed by atoms with E-state index < -0.39 is 11.7 Å². The van der Waals surface area contributed by atoms with Crippen molar-refractivity contribution in [2.24, 2.45) is 0 Å². The molecule has 0 spiro atoms. The highest BCUT2D eigenvalue weighted by molar-refractivity contribution is 9.09. The Balaban J connectivity index is 2.22. The molecule has 1 amide bonds. The number of rotatable bonds is 4. The molecule has 0 saturated heterocycles. The number of nitrogens with one attached hydrogen (secondary N) is 1. The molecule has 0 bridgehead atoms. The van der Waals surface area contributed by atoms with E-state index in [1.54, 1.807) is 0 Å². The first kappa shape index (κ1) is 14.5. The van der Waals surface area contributed by atoms with E-state index in [0.717, 1.165) is 11.6 Å². The monoisotopic (exact) mass is 337 g/mol. The van der Waals surface area contributed by atoms with Crippen LogP contribution in [-0.4, -0.2) is 16.3 Å². The molecule has 20 heavy (non-hydrogen) atoms. The second-order valence-electron chi connectivity index (χ2n) is 4.22. The number of alkyl halides is 1. The third-order valence-corrected chi connectivity index (χ3v) is 3.53. The van der Waals surface area contributed by atoms with Crippen LogP contribution in [0.25, 0.3) is 0 Å². The van der Waals surface area contributed by atoms with E-state index in [1.165, 1.54) is 12.1 Å². The third kappa shape index (κ3) is 3.17. The fourth-order valence-corrected chi connectivity index (χ4v) is 2.40. The summed E-state index contributed by atoms with van der Waals surface area (Å²) in [6.45, 7) is 0. The van der Waals surface area contributed by atoms with Crippen molar-refractivity contribution >= 4 is 21.8 Å². The molecule has 0 fully saturated rings. The maximum Gasteiger partial charge on any atom is 0.258 e. The second-order valence-corrected chi connectivity index (χ2v) is 4.87. The van der Waals surface area contributed by atoms with E-state index in [9.17, 15) is 14.3 Å². The van der Waals surface area contributed by atoms with Crippen LogP contribution in [0.5, 0.6) is 5.75 Å². The molecular formula is C15H13BrFNO2. The van der Waals surface area contributed by atoms with E-state index >= 15 is 0 Å². The number of aromatic hydroxyl groups is 1. The van der Waals surface area contributed by atoms with Crippen LogP contribution >= 0.6 is 15.9 Å². The van der Waals surface area contributed by atoms with Crippen molar-refractivity contribution in [2.75, 3.05) is 5.33 Å². The zero-order valence-electron chi connectivity index (χ0n) is 10.5. The van der Waals surface area contributed by atoms with Crippen molar-refractivity contribution < 1.29 is 14.3 Å². The first-order valence-electron chi connectivity index (χ1n) is 6.02. The Hall–Kier alpha value is -1.88. The molecule has 1 unspecified atom stereocenters. The average Bonchev–Trinajstić information content (AvgIpc) is 2.45. The molecular weight excluding hydrogens is 325 g/mol. The largest absolute Gasteiger partial charge is 0.507 e. The smallest absolute Gasteiger partial charge is 0.258 e. The number of amides is 1. The molecule has 0 heterocycles. The van der Waals surface area contributed by atoms with Crippen molar-refractivity contribution in [3.63, 3.8) is 0 Å². The average molecular weight is 338 g/mol. The Labute approximate surface area is 124 Å². The number of halogens is 2. The van der Waals surface area contributed by atoms with Gasteiger partial charge in [0.25, 0.3) is 5.91 Å². The van der Waals surface area contributed by atoms with E-state index in [-0.39, 0.29) is 17.4 Å². The summed E-state index contributed by atoms with van der Waals surface area (Å²) in [6.07, 6.45) is 0. The van der Waals surface area contributed by atoms with Crippen LogP contribution in [0.1, 0.15) is 22.0 Å². The van der Waals surface area contributed by atoms with Gasteiger partial charge in [-0.15, -0.1) is 0 Å². The molecule has 2 aromatic carbocycles. The van der Waals surface area contributed by atoms with E-state index in [1.807, 2.05) is 30.3 Å². The van der Waals surface area contributed by atoms with Gasteiger partial charge < -0.3 is 10.4 Å². The molecule has 5 heteroatoms. The van der Waals surface area contributed by atoms with Gasteiger partial charge in [-0.1, -0.05) is 52.3 Å². The SMILES string of the molecule is O=C(NC(CBr)c1ccccc1)c1c(O)cccc1F. The van der Waals surface area contributed by atoms with Crippen molar-refractivity contribution in [3.05, 3.63) is 65.5 Å². The predicted molar refractivity (Wildman–Crippen MR) is 78.5 cm³/mol. The lowest BCUT2D eigenvalue weighted by molar-refractivity contribution is 0.0934. The van der Waals surface area contributed by atoms with Crippen molar-refractivity contribution in [1.29, 1.82) is 0 Å². The van der Waals surface area contributed by atoms with Gasteiger partial charge in [0.2, 0.25) is 0 Å². The molecule has 0 radical (unpaired) electrons. The Bertz CT molecular complexity index is 584. The van der Waals surface area contributed by atoms with Gasteiger partial charge in [0, 0.05) is 5.33 Å². The highest BCUT2D eigenvalue weighted by Gasteiger charge is 2.20. The topological polar surface area (TPSA) is 49.3 Å². The summed E-state index contributed by atoms with van der Waals surface area (Å²) in [6, 6.07) is 12.8. The predicted octanol–water partition coefficient (Wildman–Crippen LogP) is 3.40. The minimum Gasteiger partial charge on any atom is -0.507 e. The van der Waals surface area contributed by atoms with Gasteiger partial charge in [0.15, 0.2) is 0 Å². The molecule has 0 aliphatic carbocycles. The first-order valence-corrected chi connectivity index (χ1v) is 7.15. The summed E-state index contributed by atoms with van der Waals surface area (Å²) in [5.74, 6) is -1.76. The maximum absolute atomic E-state index is 13.6. The minimum absolute atomic E-state index is 0.303. The number of phenolic OH excluding ortho intramolecular Hbond substituents is 1. The van der Waals surface area contributed by atoms with Crippen LogP contribution in [0, 0.1) is 5.82 Å². The number of carbonyl (C=O) groups excluding carboxylic acids is 1. The van der Waals surface area contributed by atoms with Crippen LogP contribution in [-0.2, 0) is 0 Å². The molecule has 2 rings (SSSR count). The molecule has 0 aliphatic heterocycles. The molecule has 1 atom stereocenters. The van der Waals surface area contributed by atoms with Gasteiger partial charge in [-0.3, -0.25) is 4.79 Å². The third-order valence-electron chi connectivity index (χ3n) is 2.88. The molecule has 2 N–H and O–H groups in total. The number of hydrogen-bond acceptors (Lipinski definition) is 2. The van der Waals surface area contributed by atoms with Crippen LogP contribution < -0.4 is 5.32 Å². The number of phenols is 1. The highest BCUT2D eigenvalue weighted by atomic mass is 79.9. The van der Waals surface area contributed by atoms with E-state index in [4.69, 9.17) is 0 Å². The second kappa shape index (κ2) is 6.52. The van der Waals surface area contributed by atoms with Gasteiger partial charge >= 0.3 is 0 Å². The summed E-state index contributed by atoms with van der Waals surface area (Å²) in [4.78, 5) is 12.1. The fourth-order valence-electron chi connectivity index (χ4n) is 1.86. The summed E-state index contributed by atoms with van der Waals surface area (Å²) < 4.78 is 13.6. The number of carbonyl (C=O) groups is 1. The Morgan fingerprint density at radius 2 is 1.90 bits per heavy atom. The molecule has 0 saturated carbocycles. The first-order chi connectivity index (χ1) is 9.63. The van der Waals surface area contributed by atoms with E-state index in [0.29, 0.717) is 5.33 Å². The van der Waals surface area contributed by atoms with Crippen molar-refractivity contribution in [2.45, 2.75) is 6.04 Å². The quantitative estimate of drug-likeness (QED) is 0.840. The number of hydrogen-bond donors (Lipinski definition) is 2.